The first-order valence-corrected chi connectivity index (χ1v) is 14.3. The van der Waals surface area contributed by atoms with Gasteiger partial charge in [-0.3, -0.25) is 0 Å². The SMILES string of the molecule is CN1CCC1.COc1nc(N2CC3CCC(C2)N3)c2cc(Cl)c(-c3ccc(F)c4sc(N)c(C#N)c34)c(F)c2n1. The summed E-state index contributed by atoms with van der Waals surface area (Å²) in [4.78, 5) is 13.3. The normalized spacial score (nSPS) is 20.2. The summed E-state index contributed by atoms with van der Waals surface area (Å²) >= 11 is 7.62. The van der Waals surface area contributed by atoms with Gasteiger partial charge in [-0.15, -0.1) is 11.3 Å². The number of hydrogen-bond donors (Lipinski definition) is 2. The molecule has 3 saturated heterocycles. The van der Waals surface area contributed by atoms with Crippen molar-refractivity contribution in [3.63, 3.8) is 0 Å². The summed E-state index contributed by atoms with van der Waals surface area (Å²) in [7, 11) is 3.57. The van der Waals surface area contributed by atoms with Crippen molar-refractivity contribution in [1.82, 2.24) is 20.2 Å². The minimum absolute atomic E-state index is 0.0190. The number of anilines is 2. The van der Waals surface area contributed by atoms with E-state index in [0.717, 1.165) is 37.3 Å². The fraction of sp³-hybridized carbons (Fsp3) is 0.393. The molecule has 5 heterocycles. The number of fused-ring (bicyclic) bond motifs is 4. The van der Waals surface area contributed by atoms with Gasteiger partial charge < -0.3 is 25.6 Å². The number of nitrogens with zero attached hydrogens (tertiary/aromatic N) is 5. The number of likely N-dealkylation sites (tertiary alicyclic amines) is 1. The van der Waals surface area contributed by atoms with Crippen molar-refractivity contribution in [2.75, 3.05) is 51.0 Å². The predicted molar refractivity (Wildman–Crippen MR) is 155 cm³/mol. The molecule has 2 bridgehead atoms. The largest absolute Gasteiger partial charge is 0.467 e. The van der Waals surface area contributed by atoms with Crippen LogP contribution in [0.1, 0.15) is 24.8 Å². The number of nitriles is 1. The number of methoxy groups -OCH3 is 1. The quantitative estimate of drug-likeness (QED) is 0.341. The van der Waals surface area contributed by atoms with Crippen molar-refractivity contribution in [2.24, 2.45) is 0 Å². The zero-order valence-electron chi connectivity index (χ0n) is 22.1. The Kier molecular flexibility index (Phi) is 7.12. The Bertz CT molecular complexity index is 1660. The van der Waals surface area contributed by atoms with Crippen LogP contribution in [0.3, 0.4) is 0 Å². The molecule has 2 aromatic heterocycles. The highest BCUT2D eigenvalue weighted by molar-refractivity contribution is 7.23. The number of nitrogens with one attached hydrogen (secondary N) is 1. The molecule has 8 nitrogen and oxygen atoms in total. The molecule has 4 aromatic rings. The average Bonchev–Trinajstić information content (AvgIpc) is 3.46. The van der Waals surface area contributed by atoms with E-state index in [0.29, 0.717) is 23.3 Å². The van der Waals surface area contributed by atoms with Crippen molar-refractivity contribution in [3.05, 3.63) is 40.4 Å². The number of benzene rings is 2. The van der Waals surface area contributed by atoms with Gasteiger partial charge in [0.1, 0.15) is 28.2 Å². The summed E-state index contributed by atoms with van der Waals surface area (Å²) in [6.07, 6.45) is 3.56. The van der Waals surface area contributed by atoms with Crippen molar-refractivity contribution >= 4 is 54.7 Å². The predicted octanol–water partition coefficient (Wildman–Crippen LogP) is 5.17. The fourth-order valence-electron chi connectivity index (χ4n) is 5.69. The Morgan fingerprint density at radius 1 is 1.20 bits per heavy atom. The third kappa shape index (κ3) is 4.59. The summed E-state index contributed by atoms with van der Waals surface area (Å²) in [6.45, 7) is 4.09. The molecular formula is C28H28ClF2N7OS. The Morgan fingerprint density at radius 2 is 1.90 bits per heavy atom. The standard InChI is InChI=1S/C24H19ClF2N6OS.C4H9N/c1-34-24-31-20-13(23(32-24)33-8-10-2-3-11(9-33)30-10)6-15(25)18(19(20)27)12-4-5-16(26)21-17(12)14(7-28)22(29)35-21;1-5-3-2-4-5/h4-6,10-11,30H,2-3,8-9,29H2,1H3;2-4H2,1H3. The lowest BCUT2D eigenvalue weighted by atomic mass is 9.97. The molecule has 2 unspecified atom stereocenters. The van der Waals surface area contributed by atoms with Crippen LogP contribution in [0.2, 0.25) is 5.02 Å². The zero-order valence-corrected chi connectivity index (χ0v) is 23.7. The molecule has 0 saturated carbocycles. The van der Waals surface area contributed by atoms with E-state index >= 15 is 4.39 Å². The van der Waals surface area contributed by atoms with E-state index in [-0.39, 0.29) is 48.3 Å². The molecule has 12 heteroatoms. The van der Waals surface area contributed by atoms with E-state index in [1.165, 1.54) is 38.8 Å². The molecule has 0 aliphatic carbocycles. The number of piperazine rings is 1. The lowest BCUT2D eigenvalue weighted by Gasteiger charge is -2.34. The third-order valence-corrected chi connectivity index (χ3v) is 9.15. The van der Waals surface area contributed by atoms with Crippen molar-refractivity contribution in [2.45, 2.75) is 31.3 Å². The molecule has 3 fully saturated rings. The van der Waals surface area contributed by atoms with E-state index in [1.807, 2.05) is 6.07 Å². The maximum absolute atomic E-state index is 16.3. The number of nitrogen functional groups attached to an aromatic ring is 1. The van der Waals surface area contributed by atoms with Gasteiger partial charge >= 0.3 is 6.01 Å². The number of ether oxygens (including phenoxy) is 1. The number of aromatic nitrogens is 2. The van der Waals surface area contributed by atoms with Crippen LogP contribution in [0, 0.1) is 23.0 Å². The second-order valence-corrected chi connectivity index (χ2v) is 11.9. The van der Waals surface area contributed by atoms with Gasteiger partial charge in [0.05, 0.1) is 22.4 Å². The van der Waals surface area contributed by atoms with Gasteiger partial charge in [0.25, 0.3) is 0 Å². The van der Waals surface area contributed by atoms with Gasteiger partial charge in [-0.05, 0) is 57.1 Å². The van der Waals surface area contributed by atoms with E-state index in [9.17, 15) is 9.65 Å². The molecule has 2 atom stereocenters. The lowest BCUT2D eigenvalue weighted by molar-refractivity contribution is 0.229. The van der Waals surface area contributed by atoms with Gasteiger partial charge in [0, 0.05) is 41.5 Å². The highest BCUT2D eigenvalue weighted by Crippen LogP contribution is 2.45. The Hall–Kier alpha value is -3.30. The number of rotatable bonds is 3. The molecule has 0 amide bonds. The van der Waals surface area contributed by atoms with E-state index in [4.69, 9.17) is 22.1 Å². The highest BCUT2D eigenvalue weighted by atomic mass is 35.5. The monoisotopic (exact) mass is 583 g/mol. The average molecular weight is 584 g/mol. The zero-order chi connectivity index (χ0) is 28.1. The van der Waals surface area contributed by atoms with Crippen LogP contribution >= 0.6 is 22.9 Å². The molecular weight excluding hydrogens is 556 g/mol. The number of nitrogens with two attached hydrogens (primary N) is 1. The van der Waals surface area contributed by atoms with Crippen LogP contribution in [-0.4, -0.2) is 67.3 Å². The van der Waals surface area contributed by atoms with Crippen molar-refractivity contribution in [1.29, 1.82) is 5.26 Å². The van der Waals surface area contributed by atoms with Crippen LogP contribution in [0.25, 0.3) is 32.1 Å². The summed E-state index contributed by atoms with van der Waals surface area (Å²) in [5.74, 6) is -0.688. The molecule has 40 heavy (non-hydrogen) atoms. The maximum atomic E-state index is 16.3. The van der Waals surface area contributed by atoms with E-state index in [2.05, 4.69) is 32.1 Å². The topological polar surface area (TPSA) is 103 Å². The Balaban J connectivity index is 0.000000523. The van der Waals surface area contributed by atoms with E-state index < -0.39 is 11.6 Å². The fourth-order valence-corrected chi connectivity index (χ4v) is 6.94. The van der Waals surface area contributed by atoms with Gasteiger partial charge in [0.15, 0.2) is 5.82 Å². The second kappa shape index (κ2) is 10.6. The molecule has 208 valence electrons. The number of halogens is 3. The lowest BCUT2D eigenvalue weighted by Crippen LogP contribution is -2.51. The Labute approximate surface area is 239 Å². The van der Waals surface area contributed by atoms with Gasteiger partial charge in [-0.1, -0.05) is 17.7 Å². The maximum Gasteiger partial charge on any atom is 0.318 e. The molecule has 0 spiro atoms. The molecule has 3 aliphatic rings. The first-order chi connectivity index (χ1) is 19.3. The van der Waals surface area contributed by atoms with Crippen LogP contribution in [0.4, 0.5) is 19.6 Å². The molecule has 3 N–H and O–H groups in total. The minimum atomic E-state index is -0.700. The second-order valence-electron chi connectivity index (χ2n) is 10.4. The third-order valence-electron chi connectivity index (χ3n) is 7.82. The van der Waals surface area contributed by atoms with Crippen LogP contribution in [-0.2, 0) is 0 Å². The highest BCUT2D eigenvalue weighted by Gasteiger charge is 2.34. The van der Waals surface area contributed by atoms with Gasteiger partial charge in [-0.25, -0.2) is 8.78 Å². The van der Waals surface area contributed by atoms with Gasteiger partial charge in [-0.2, -0.15) is 15.2 Å². The summed E-state index contributed by atoms with van der Waals surface area (Å²) in [5.41, 5.74) is 6.39. The van der Waals surface area contributed by atoms with Crippen LogP contribution < -0.4 is 20.7 Å². The molecule has 2 aromatic carbocycles. The van der Waals surface area contributed by atoms with Crippen LogP contribution in [0.15, 0.2) is 18.2 Å². The summed E-state index contributed by atoms with van der Waals surface area (Å²) in [6, 6.07) is 6.98. The van der Waals surface area contributed by atoms with Crippen LogP contribution in [0.5, 0.6) is 6.01 Å². The minimum Gasteiger partial charge on any atom is -0.467 e. The van der Waals surface area contributed by atoms with Crippen molar-refractivity contribution in [3.8, 4) is 23.2 Å². The Morgan fingerprint density at radius 3 is 2.50 bits per heavy atom. The summed E-state index contributed by atoms with van der Waals surface area (Å²) < 4.78 is 36.3. The molecule has 0 radical (unpaired) electrons. The molecule has 7 rings (SSSR count). The first kappa shape index (κ1) is 26.9. The first-order valence-electron chi connectivity index (χ1n) is 13.1. The number of hydrogen-bond acceptors (Lipinski definition) is 9. The van der Waals surface area contributed by atoms with E-state index in [1.54, 1.807) is 6.07 Å². The summed E-state index contributed by atoms with van der Waals surface area (Å²) in [5, 5.41) is 14.2. The van der Waals surface area contributed by atoms with Crippen molar-refractivity contribution < 1.29 is 13.5 Å². The number of thiophene rings is 1. The van der Waals surface area contributed by atoms with Gasteiger partial charge in [0.2, 0.25) is 0 Å². The smallest absolute Gasteiger partial charge is 0.318 e. The molecule has 3 aliphatic heterocycles.